The fourth-order valence-electron chi connectivity index (χ4n) is 3.99. The summed E-state index contributed by atoms with van der Waals surface area (Å²) in [4.78, 5) is 1.86. The summed E-state index contributed by atoms with van der Waals surface area (Å²) in [5.41, 5.74) is 1.36. The lowest BCUT2D eigenvalue weighted by molar-refractivity contribution is 0.176. The van der Waals surface area contributed by atoms with E-state index in [1.165, 1.54) is 6.07 Å². The Bertz CT molecular complexity index is 850. The van der Waals surface area contributed by atoms with Crippen molar-refractivity contribution in [3.8, 4) is 23.1 Å². The lowest BCUT2D eigenvalue weighted by Gasteiger charge is -2.38. The maximum absolute atomic E-state index is 14.7. The van der Waals surface area contributed by atoms with Crippen LogP contribution in [-0.2, 0) is 0 Å². The number of phenols is 1. The van der Waals surface area contributed by atoms with Gasteiger partial charge in [-0.3, -0.25) is 0 Å². The zero-order valence-electron chi connectivity index (χ0n) is 14.4. The third kappa shape index (κ3) is 2.86. The molecule has 0 spiro atoms. The molecule has 2 aliphatic rings. The number of alkyl halides is 1. The fourth-order valence-corrected chi connectivity index (χ4v) is 3.99. The van der Waals surface area contributed by atoms with E-state index in [1.807, 2.05) is 18.0 Å². The van der Waals surface area contributed by atoms with E-state index in [4.69, 9.17) is 5.26 Å². The zero-order chi connectivity index (χ0) is 18.3. The number of anilines is 1. The number of piperidine rings is 1. The van der Waals surface area contributed by atoms with Crippen LogP contribution in [0.1, 0.15) is 24.8 Å². The van der Waals surface area contributed by atoms with Crippen LogP contribution in [-0.4, -0.2) is 46.6 Å². The summed E-state index contributed by atoms with van der Waals surface area (Å²) < 4.78 is 14.7. The van der Waals surface area contributed by atoms with Crippen molar-refractivity contribution in [2.24, 2.45) is 0 Å². The van der Waals surface area contributed by atoms with Crippen LogP contribution in [0.25, 0.3) is 11.3 Å². The normalized spacial score (nSPS) is 27.1. The Morgan fingerprint density at radius 2 is 2.12 bits per heavy atom. The highest BCUT2D eigenvalue weighted by Gasteiger charge is 2.43. The summed E-state index contributed by atoms with van der Waals surface area (Å²) in [7, 11) is 1.85. The highest BCUT2D eigenvalue weighted by Crippen LogP contribution is 2.34. The molecule has 1 aromatic heterocycles. The van der Waals surface area contributed by atoms with E-state index < -0.39 is 6.17 Å². The predicted molar refractivity (Wildman–Crippen MR) is 95.5 cm³/mol. The van der Waals surface area contributed by atoms with E-state index in [1.54, 1.807) is 24.3 Å². The van der Waals surface area contributed by atoms with E-state index in [0.717, 1.165) is 19.3 Å². The number of rotatable bonds is 3. The molecule has 0 aliphatic carbocycles. The van der Waals surface area contributed by atoms with Crippen molar-refractivity contribution >= 4 is 5.82 Å². The van der Waals surface area contributed by atoms with Crippen molar-refractivity contribution in [1.29, 1.82) is 5.26 Å². The van der Waals surface area contributed by atoms with Crippen molar-refractivity contribution in [2.75, 3.05) is 11.9 Å². The number of hydrogen-bond donors (Lipinski definition) is 2. The highest BCUT2D eigenvalue weighted by molar-refractivity contribution is 5.68. The Balaban J connectivity index is 1.57. The Hall–Kier alpha value is -2.72. The third-order valence-electron chi connectivity index (χ3n) is 5.46. The molecule has 4 rings (SSSR count). The van der Waals surface area contributed by atoms with Crippen LogP contribution in [0.5, 0.6) is 5.75 Å². The van der Waals surface area contributed by atoms with Crippen molar-refractivity contribution < 1.29 is 9.50 Å². The first kappa shape index (κ1) is 16.7. The summed E-state index contributed by atoms with van der Waals surface area (Å²) in [6, 6.07) is 10.2. The van der Waals surface area contributed by atoms with Gasteiger partial charge in [0.2, 0.25) is 0 Å². The number of aromatic nitrogens is 2. The van der Waals surface area contributed by atoms with Gasteiger partial charge < -0.3 is 15.3 Å². The molecule has 4 atom stereocenters. The molecule has 0 amide bonds. The quantitative estimate of drug-likeness (QED) is 0.881. The molecule has 134 valence electrons. The van der Waals surface area contributed by atoms with E-state index in [0.29, 0.717) is 28.7 Å². The lowest BCUT2D eigenvalue weighted by Crippen LogP contribution is -2.55. The minimum Gasteiger partial charge on any atom is -0.507 e. The predicted octanol–water partition coefficient (Wildman–Crippen LogP) is 2.39. The summed E-state index contributed by atoms with van der Waals surface area (Å²) in [6.07, 6.45) is 1.73. The van der Waals surface area contributed by atoms with Gasteiger partial charge in [0.1, 0.15) is 11.9 Å². The molecule has 0 saturated carbocycles. The number of hydrogen-bond acceptors (Lipinski definition) is 6. The first-order chi connectivity index (χ1) is 12.6. The Kier molecular flexibility index (Phi) is 4.21. The zero-order valence-corrected chi connectivity index (χ0v) is 14.4. The molecule has 2 unspecified atom stereocenters. The third-order valence-corrected chi connectivity index (χ3v) is 5.46. The molecular weight excluding hydrogens is 333 g/mol. The molecule has 3 heterocycles. The van der Waals surface area contributed by atoms with Crippen LogP contribution in [0, 0.1) is 11.3 Å². The van der Waals surface area contributed by atoms with Crippen molar-refractivity contribution in [2.45, 2.75) is 43.6 Å². The smallest absolute Gasteiger partial charge is 0.151 e. The Labute approximate surface area is 151 Å². The Morgan fingerprint density at radius 3 is 2.85 bits per heavy atom. The van der Waals surface area contributed by atoms with Crippen molar-refractivity contribution in [3.63, 3.8) is 0 Å². The number of nitrogens with zero attached hydrogens (tertiary/aromatic N) is 4. The molecule has 0 radical (unpaired) electrons. The number of fused-ring (bicyclic) bond motifs is 2. The van der Waals surface area contributed by atoms with Gasteiger partial charge in [-0.05, 0) is 49.6 Å². The number of phenolic OH excluding ortho intramolecular Hbond substituents is 1. The van der Waals surface area contributed by atoms with Gasteiger partial charge in [-0.15, -0.1) is 10.2 Å². The van der Waals surface area contributed by atoms with Crippen LogP contribution in [0.2, 0.25) is 0 Å². The SMILES string of the molecule is CN(c1ccc(-c2cc(C#N)ccc2O)nn1)[C@H]1CC2CCC(N2)[C@H]1F. The first-order valence-electron chi connectivity index (χ1n) is 8.77. The molecule has 2 bridgehead atoms. The fraction of sp³-hybridized carbons (Fsp3) is 0.421. The lowest BCUT2D eigenvalue weighted by atomic mass is 9.96. The molecule has 7 heteroatoms. The second kappa shape index (κ2) is 6.54. The molecule has 2 aromatic rings. The van der Waals surface area contributed by atoms with Gasteiger partial charge >= 0.3 is 0 Å². The van der Waals surface area contributed by atoms with Crippen LogP contribution in [0.15, 0.2) is 30.3 Å². The summed E-state index contributed by atoms with van der Waals surface area (Å²) >= 11 is 0. The van der Waals surface area contributed by atoms with Gasteiger partial charge in [0.25, 0.3) is 0 Å². The van der Waals surface area contributed by atoms with E-state index in [9.17, 15) is 9.50 Å². The van der Waals surface area contributed by atoms with Crippen molar-refractivity contribution in [3.05, 3.63) is 35.9 Å². The maximum Gasteiger partial charge on any atom is 0.151 e. The van der Waals surface area contributed by atoms with Gasteiger partial charge in [-0.25, -0.2) is 4.39 Å². The molecule has 2 N–H and O–H groups in total. The van der Waals surface area contributed by atoms with Crippen LogP contribution >= 0.6 is 0 Å². The highest BCUT2D eigenvalue weighted by atomic mass is 19.1. The number of nitriles is 1. The number of aromatic hydroxyl groups is 1. The van der Waals surface area contributed by atoms with Gasteiger partial charge in [-0.1, -0.05) is 0 Å². The molecule has 2 aliphatic heterocycles. The second-order valence-corrected chi connectivity index (χ2v) is 7.03. The molecule has 2 fully saturated rings. The monoisotopic (exact) mass is 353 g/mol. The summed E-state index contributed by atoms with van der Waals surface area (Å²) in [5, 5.41) is 30.8. The molecular formula is C19H20FN5O. The summed E-state index contributed by atoms with van der Waals surface area (Å²) in [5.74, 6) is 0.636. The second-order valence-electron chi connectivity index (χ2n) is 7.03. The van der Waals surface area contributed by atoms with Gasteiger partial charge in [0, 0.05) is 24.7 Å². The maximum atomic E-state index is 14.7. The topological polar surface area (TPSA) is 85.1 Å². The van der Waals surface area contributed by atoms with Gasteiger partial charge in [0.15, 0.2) is 5.82 Å². The minimum atomic E-state index is -0.934. The van der Waals surface area contributed by atoms with Crippen LogP contribution in [0.3, 0.4) is 0 Å². The largest absolute Gasteiger partial charge is 0.507 e. The summed E-state index contributed by atoms with van der Waals surface area (Å²) in [6.45, 7) is 0. The standard InChI is InChI=1S/C19H20FN5O/c1-25(16-9-12-3-4-15(22-12)19(16)20)18-7-5-14(23-24-18)13-8-11(10-21)2-6-17(13)26/h2,5-8,12,15-16,19,22,26H,3-4,9H2,1H3/t12?,15?,16-,19+/m0/s1. The molecule has 26 heavy (non-hydrogen) atoms. The van der Waals surface area contributed by atoms with Crippen molar-refractivity contribution in [1.82, 2.24) is 15.5 Å². The molecule has 2 saturated heterocycles. The first-order valence-corrected chi connectivity index (χ1v) is 8.77. The van der Waals surface area contributed by atoms with Crippen LogP contribution in [0.4, 0.5) is 10.2 Å². The molecule has 1 aromatic carbocycles. The van der Waals surface area contributed by atoms with E-state index in [2.05, 4.69) is 15.5 Å². The number of benzene rings is 1. The average Bonchev–Trinajstić information content (AvgIpc) is 3.08. The van der Waals surface area contributed by atoms with Gasteiger partial charge in [-0.2, -0.15) is 5.26 Å². The van der Waals surface area contributed by atoms with Crippen LogP contribution < -0.4 is 10.2 Å². The number of halogens is 1. The average molecular weight is 353 g/mol. The minimum absolute atomic E-state index is 0.0400. The Morgan fingerprint density at radius 1 is 1.27 bits per heavy atom. The van der Waals surface area contributed by atoms with Gasteiger partial charge in [0.05, 0.1) is 23.4 Å². The molecule has 6 nitrogen and oxygen atoms in total. The number of nitrogens with one attached hydrogen (secondary N) is 1. The van der Waals surface area contributed by atoms with E-state index >= 15 is 0 Å². The van der Waals surface area contributed by atoms with E-state index in [-0.39, 0.29) is 17.8 Å².